The predicted octanol–water partition coefficient (Wildman–Crippen LogP) is 5.93. The van der Waals surface area contributed by atoms with E-state index in [-0.39, 0.29) is 23.0 Å². The number of rotatable bonds is 9. The summed E-state index contributed by atoms with van der Waals surface area (Å²) in [5, 5.41) is 0.252. The Morgan fingerprint density at radius 3 is 2.72 bits per heavy atom. The number of halogens is 2. The second-order valence-corrected chi connectivity index (χ2v) is 7.75. The van der Waals surface area contributed by atoms with Crippen LogP contribution in [0.4, 0.5) is 4.39 Å². The molecule has 2 rings (SSSR count). The fraction of sp³-hybridized carbons (Fsp3) is 0.650. The molecule has 0 N–H and O–H groups in total. The number of carbonyl (C=O) groups excluding carboxylic acids is 1. The van der Waals surface area contributed by atoms with E-state index in [1.807, 2.05) is 13.8 Å². The molecule has 1 atom stereocenters. The van der Waals surface area contributed by atoms with E-state index in [1.165, 1.54) is 37.5 Å². The first kappa shape index (κ1) is 20.0. The van der Waals surface area contributed by atoms with Crippen molar-refractivity contribution in [3.63, 3.8) is 0 Å². The van der Waals surface area contributed by atoms with Gasteiger partial charge in [-0.1, -0.05) is 51.1 Å². The van der Waals surface area contributed by atoms with Gasteiger partial charge in [0.2, 0.25) is 0 Å². The third-order valence-electron chi connectivity index (χ3n) is 4.75. The molecule has 0 spiro atoms. The van der Waals surface area contributed by atoms with Crippen molar-refractivity contribution >= 4 is 17.6 Å². The van der Waals surface area contributed by atoms with Crippen molar-refractivity contribution in [2.45, 2.75) is 77.4 Å². The van der Waals surface area contributed by atoms with Crippen LogP contribution < -0.4 is 4.74 Å². The van der Waals surface area contributed by atoms with Gasteiger partial charge in [0.05, 0.1) is 10.9 Å². The van der Waals surface area contributed by atoms with Crippen molar-refractivity contribution in [3.05, 3.63) is 29.0 Å². The highest BCUT2D eigenvalue weighted by Crippen LogP contribution is 2.40. The van der Waals surface area contributed by atoms with Crippen molar-refractivity contribution in [1.82, 2.24) is 0 Å². The van der Waals surface area contributed by atoms with Crippen LogP contribution in [0.5, 0.6) is 5.75 Å². The fourth-order valence-electron chi connectivity index (χ4n) is 3.17. The molecule has 140 valence electrons. The summed E-state index contributed by atoms with van der Waals surface area (Å²) in [6.07, 6.45) is 6.65. The molecule has 0 aliphatic heterocycles. The summed E-state index contributed by atoms with van der Waals surface area (Å²) >= 11 is 6.00. The number of benzene rings is 1. The van der Waals surface area contributed by atoms with Crippen LogP contribution in [0.1, 0.15) is 65.7 Å². The lowest BCUT2D eigenvalue weighted by Gasteiger charge is -2.44. The van der Waals surface area contributed by atoms with Gasteiger partial charge in [-0.15, -0.1) is 0 Å². The molecule has 5 heteroatoms. The van der Waals surface area contributed by atoms with E-state index in [0.717, 1.165) is 12.8 Å². The van der Waals surface area contributed by atoms with Crippen molar-refractivity contribution in [2.24, 2.45) is 5.92 Å². The molecule has 0 amide bonds. The molecule has 0 aromatic heterocycles. The SMILES string of the molecule is CCCCCCC(C)C(=O)OC1CC(C)(Oc2ccc(F)cc2Cl)C1. The van der Waals surface area contributed by atoms with E-state index in [1.54, 1.807) is 0 Å². The molecule has 1 saturated carbocycles. The van der Waals surface area contributed by atoms with E-state index in [2.05, 4.69) is 6.92 Å². The van der Waals surface area contributed by atoms with Gasteiger partial charge in [0.15, 0.2) is 0 Å². The van der Waals surface area contributed by atoms with E-state index in [4.69, 9.17) is 21.1 Å². The van der Waals surface area contributed by atoms with Gasteiger partial charge in [0.1, 0.15) is 23.3 Å². The summed E-state index contributed by atoms with van der Waals surface area (Å²) in [5.74, 6) is -0.116. The van der Waals surface area contributed by atoms with Crippen molar-refractivity contribution in [3.8, 4) is 5.75 Å². The Morgan fingerprint density at radius 1 is 1.36 bits per heavy atom. The quantitative estimate of drug-likeness (QED) is 0.399. The fourth-order valence-corrected chi connectivity index (χ4v) is 3.37. The van der Waals surface area contributed by atoms with Crippen LogP contribution in [-0.2, 0) is 9.53 Å². The summed E-state index contributed by atoms with van der Waals surface area (Å²) in [5.41, 5.74) is -0.434. The molecule has 1 aliphatic rings. The summed E-state index contributed by atoms with van der Waals surface area (Å²) in [6, 6.07) is 4.08. The number of unbranched alkanes of at least 4 members (excludes halogenated alkanes) is 3. The van der Waals surface area contributed by atoms with Crippen LogP contribution >= 0.6 is 11.6 Å². The Morgan fingerprint density at radius 2 is 2.08 bits per heavy atom. The largest absolute Gasteiger partial charge is 0.486 e. The lowest BCUT2D eigenvalue weighted by Crippen LogP contribution is -2.51. The minimum atomic E-state index is -0.434. The standard InChI is InChI=1S/C20H28ClFO3/c1-4-5-6-7-8-14(2)19(23)24-16-12-20(3,13-16)25-18-10-9-15(22)11-17(18)21/h9-11,14,16H,4-8,12-13H2,1-3H3. The molecule has 0 bridgehead atoms. The summed E-state index contributed by atoms with van der Waals surface area (Å²) < 4.78 is 24.6. The molecule has 3 nitrogen and oxygen atoms in total. The van der Waals surface area contributed by atoms with Crippen LogP contribution in [-0.4, -0.2) is 17.7 Å². The van der Waals surface area contributed by atoms with Gasteiger partial charge in [-0.05, 0) is 31.5 Å². The molecule has 1 unspecified atom stereocenters. The normalized spacial score (nSPS) is 23.6. The van der Waals surface area contributed by atoms with Crippen LogP contribution in [0, 0.1) is 11.7 Å². The zero-order valence-corrected chi connectivity index (χ0v) is 16.1. The highest BCUT2D eigenvalue weighted by Gasteiger charge is 2.45. The van der Waals surface area contributed by atoms with E-state index >= 15 is 0 Å². The van der Waals surface area contributed by atoms with E-state index in [9.17, 15) is 9.18 Å². The highest BCUT2D eigenvalue weighted by molar-refractivity contribution is 6.32. The maximum Gasteiger partial charge on any atom is 0.308 e. The molecule has 0 radical (unpaired) electrons. The average molecular weight is 371 g/mol. The Hall–Kier alpha value is -1.29. The number of hydrogen-bond donors (Lipinski definition) is 0. The number of esters is 1. The van der Waals surface area contributed by atoms with Crippen LogP contribution in [0.25, 0.3) is 0 Å². The molecule has 0 heterocycles. The highest BCUT2D eigenvalue weighted by atomic mass is 35.5. The molecule has 0 saturated heterocycles. The molecule has 1 fully saturated rings. The third kappa shape index (κ3) is 5.88. The first-order valence-electron chi connectivity index (χ1n) is 9.17. The predicted molar refractivity (Wildman–Crippen MR) is 97.5 cm³/mol. The van der Waals surface area contributed by atoms with Crippen molar-refractivity contribution in [2.75, 3.05) is 0 Å². The summed E-state index contributed by atoms with van der Waals surface area (Å²) in [6.45, 7) is 6.05. The zero-order valence-electron chi connectivity index (χ0n) is 15.3. The van der Waals surface area contributed by atoms with Crippen LogP contribution in [0.3, 0.4) is 0 Å². The monoisotopic (exact) mass is 370 g/mol. The molecular formula is C20H28ClFO3. The molecular weight excluding hydrogens is 343 g/mol. The van der Waals surface area contributed by atoms with E-state index < -0.39 is 11.4 Å². The number of hydrogen-bond acceptors (Lipinski definition) is 3. The van der Waals surface area contributed by atoms with Crippen LogP contribution in [0.2, 0.25) is 5.02 Å². The van der Waals surface area contributed by atoms with Gasteiger partial charge in [-0.2, -0.15) is 0 Å². The number of ether oxygens (including phenoxy) is 2. The van der Waals surface area contributed by atoms with Crippen molar-refractivity contribution < 1.29 is 18.7 Å². The first-order chi connectivity index (χ1) is 11.8. The molecule has 25 heavy (non-hydrogen) atoms. The second kappa shape index (κ2) is 8.88. The smallest absolute Gasteiger partial charge is 0.308 e. The van der Waals surface area contributed by atoms with Gasteiger partial charge in [0, 0.05) is 12.8 Å². The zero-order chi connectivity index (χ0) is 18.4. The summed E-state index contributed by atoms with van der Waals surface area (Å²) in [7, 11) is 0. The maximum absolute atomic E-state index is 13.1. The molecule has 1 aromatic carbocycles. The lowest BCUT2D eigenvalue weighted by molar-refractivity contribution is -0.170. The Kier molecular flexibility index (Phi) is 7.12. The van der Waals surface area contributed by atoms with E-state index in [0.29, 0.717) is 18.6 Å². The summed E-state index contributed by atoms with van der Waals surface area (Å²) in [4.78, 5) is 12.1. The molecule has 1 aromatic rings. The average Bonchev–Trinajstić information content (AvgIpc) is 2.52. The Bertz CT molecular complexity index is 584. The minimum absolute atomic E-state index is 0.0591. The molecule has 1 aliphatic carbocycles. The Labute approximate surface area is 154 Å². The van der Waals surface area contributed by atoms with Gasteiger partial charge in [-0.25, -0.2) is 4.39 Å². The Balaban J connectivity index is 1.74. The van der Waals surface area contributed by atoms with Crippen LogP contribution in [0.15, 0.2) is 18.2 Å². The topological polar surface area (TPSA) is 35.5 Å². The van der Waals surface area contributed by atoms with Crippen molar-refractivity contribution in [1.29, 1.82) is 0 Å². The van der Waals surface area contributed by atoms with Gasteiger partial charge in [0.25, 0.3) is 0 Å². The lowest BCUT2D eigenvalue weighted by atomic mass is 9.78. The van der Waals surface area contributed by atoms with Gasteiger partial charge in [-0.3, -0.25) is 4.79 Å². The second-order valence-electron chi connectivity index (χ2n) is 7.34. The van der Waals surface area contributed by atoms with Gasteiger partial charge < -0.3 is 9.47 Å². The van der Waals surface area contributed by atoms with Gasteiger partial charge >= 0.3 is 5.97 Å². The number of carbonyl (C=O) groups is 1. The maximum atomic E-state index is 13.1. The first-order valence-corrected chi connectivity index (χ1v) is 9.55. The minimum Gasteiger partial charge on any atom is -0.486 e. The third-order valence-corrected chi connectivity index (χ3v) is 5.04.